The molecule has 0 saturated heterocycles. The molecule has 0 aromatic heterocycles. The van der Waals surface area contributed by atoms with E-state index < -0.39 is 0 Å². The minimum atomic E-state index is 0.0233. The number of carbonyl (C=O) groups excluding carboxylic acids is 1. The van der Waals surface area contributed by atoms with Crippen LogP contribution in [0.4, 0.5) is 4.79 Å². The molecule has 0 aromatic carbocycles. The largest absolute Gasteiger partial charge is 0.337 e. The molecule has 2 N–H and O–H groups in total. The van der Waals surface area contributed by atoms with Gasteiger partial charge in [0.2, 0.25) is 0 Å². The Morgan fingerprint density at radius 3 is 2.41 bits per heavy atom. The molecule has 0 radical (unpaired) electrons. The number of nitrogens with zero attached hydrogens (tertiary/aromatic N) is 1. The topological polar surface area (TPSA) is 44.4 Å². The molecule has 17 heavy (non-hydrogen) atoms. The Bertz CT molecular complexity index is 213. The molecule has 0 aliphatic heterocycles. The van der Waals surface area contributed by atoms with E-state index in [0.29, 0.717) is 6.04 Å². The summed E-state index contributed by atoms with van der Waals surface area (Å²) in [5, 5.41) is 6.45. The number of nitrogens with one attached hydrogen (secondary N) is 2. The predicted octanol–water partition coefficient (Wildman–Crippen LogP) is 1.96. The lowest BCUT2D eigenvalue weighted by atomic mass is 10.1. The van der Waals surface area contributed by atoms with Crippen LogP contribution in [0.5, 0.6) is 0 Å². The highest BCUT2D eigenvalue weighted by Crippen LogP contribution is 2.16. The number of carbonyl (C=O) groups is 1. The quantitative estimate of drug-likeness (QED) is 0.571. The maximum Gasteiger partial charge on any atom is 0.317 e. The van der Waals surface area contributed by atoms with Crippen LogP contribution in [0.25, 0.3) is 0 Å². The minimum Gasteiger partial charge on any atom is -0.337 e. The summed E-state index contributed by atoms with van der Waals surface area (Å²) in [4.78, 5) is 13.2. The van der Waals surface area contributed by atoms with E-state index in [2.05, 4.69) is 10.6 Å². The predicted molar refractivity (Wildman–Crippen MR) is 71.2 cm³/mol. The second-order valence-corrected chi connectivity index (χ2v) is 4.89. The molecule has 1 aliphatic carbocycles. The van der Waals surface area contributed by atoms with Crippen LogP contribution in [0.1, 0.15) is 45.4 Å². The normalized spacial score (nSPS) is 17.5. The van der Waals surface area contributed by atoms with Gasteiger partial charge in [0.15, 0.2) is 0 Å². The van der Waals surface area contributed by atoms with Crippen LogP contribution in [-0.4, -0.2) is 43.7 Å². The van der Waals surface area contributed by atoms with E-state index in [9.17, 15) is 4.79 Å². The van der Waals surface area contributed by atoms with Crippen molar-refractivity contribution >= 4 is 6.03 Å². The van der Waals surface area contributed by atoms with E-state index in [1.807, 2.05) is 14.0 Å². The van der Waals surface area contributed by atoms with Crippen molar-refractivity contribution in [2.45, 2.75) is 51.5 Å². The van der Waals surface area contributed by atoms with Crippen molar-refractivity contribution in [1.82, 2.24) is 15.5 Å². The summed E-state index contributed by atoms with van der Waals surface area (Å²) < 4.78 is 0. The lowest BCUT2D eigenvalue weighted by molar-refractivity contribution is 0.211. The van der Waals surface area contributed by atoms with Crippen LogP contribution in [0.3, 0.4) is 0 Å². The van der Waals surface area contributed by atoms with Gasteiger partial charge in [-0.2, -0.15) is 0 Å². The number of urea groups is 1. The molecule has 0 aromatic rings. The van der Waals surface area contributed by atoms with Crippen LogP contribution < -0.4 is 10.6 Å². The van der Waals surface area contributed by atoms with Crippen LogP contribution in [0.15, 0.2) is 0 Å². The summed E-state index contributed by atoms with van der Waals surface area (Å²) in [7, 11) is 1.81. The monoisotopic (exact) mass is 241 g/mol. The zero-order valence-corrected chi connectivity index (χ0v) is 11.3. The van der Waals surface area contributed by atoms with Crippen molar-refractivity contribution in [1.29, 1.82) is 0 Å². The van der Waals surface area contributed by atoms with Crippen LogP contribution >= 0.6 is 0 Å². The first-order chi connectivity index (χ1) is 8.24. The van der Waals surface area contributed by atoms with Gasteiger partial charge >= 0.3 is 6.03 Å². The molecule has 0 spiro atoms. The first kappa shape index (κ1) is 14.3. The molecule has 2 amide bonds. The van der Waals surface area contributed by atoms with E-state index in [-0.39, 0.29) is 6.03 Å². The zero-order valence-electron chi connectivity index (χ0n) is 11.3. The molecule has 0 atom stereocenters. The van der Waals surface area contributed by atoms with E-state index in [1.54, 1.807) is 4.90 Å². The van der Waals surface area contributed by atoms with Gasteiger partial charge in [-0.3, -0.25) is 0 Å². The lowest BCUT2D eigenvalue weighted by Crippen LogP contribution is -2.41. The Balaban J connectivity index is 2.04. The average molecular weight is 241 g/mol. The first-order valence-electron chi connectivity index (χ1n) is 6.96. The van der Waals surface area contributed by atoms with Gasteiger partial charge in [-0.1, -0.05) is 25.7 Å². The molecule has 1 saturated carbocycles. The van der Waals surface area contributed by atoms with Gasteiger partial charge in [-0.05, 0) is 19.8 Å². The number of rotatable bonds is 5. The van der Waals surface area contributed by atoms with Crippen molar-refractivity contribution in [3.8, 4) is 0 Å². The molecule has 4 nitrogen and oxygen atoms in total. The SMILES string of the molecule is CCN(C)C(=O)NCCNC1CCCCCC1. The van der Waals surface area contributed by atoms with E-state index >= 15 is 0 Å². The summed E-state index contributed by atoms with van der Waals surface area (Å²) in [5.41, 5.74) is 0. The third-order valence-corrected chi connectivity index (χ3v) is 3.51. The second-order valence-electron chi connectivity index (χ2n) is 4.89. The number of hydrogen-bond donors (Lipinski definition) is 2. The minimum absolute atomic E-state index is 0.0233. The Hall–Kier alpha value is -0.770. The molecule has 100 valence electrons. The molecule has 1 aliphatic rings. The number of hydrogen-bond acceptors (Lipinski definition) is 2. The van der Waals surface area contributed by atoms with Crippen LogP contribution in [-0.2, 0) is 0 Å². The van der Waals surface area contributed by atoms with Gasteiger partial charge < -0.3 is 15.5 Å². The summed E-state index contributed by atoms with van der Waals surface area (Å²) in [5.74, 6) is 0. The van der Waals surface area contributed by atoms with Crippen molar-refractivity contribution in [3.63, 3.8) is 0 Å². The van der Waals surface area contributed by atoms with Gasteiger partial charge in [0.1, 0.15) is 0 Å². The highest BCUT2D eigenvalue weighted by atomic mass is 16.2. The third kappa shape index (κ3) is 5.91. The molecule has 1 fully saturated rings. The Kier molecular flexibility index (Phi) is 7.01. The Morgan fingerprint density at radius 1 is 1.18 bits per heavy atom. The standard InChI is InChI=1S/C13H27N3O/c1-3-16(2)13(17)15-11-10-14-12-8-6-4-5-7-9-12/h12,14H,3-11H2,1-2H3,(H,15,17). The molecule has 0 unspecified atom stereocenters. The second kappa shape index (κ2) is 8.34. The maximum atomic E-state index is 11.5. The van der Waals surface area contributed by atoms with Gasteiger partial charge in [-0.15, -0.1) is 0 Å². The fourth-order valence-electron chi connectivity index (χ4n) is 2.21. The highest BCUT2D eigenvalue weighted by Gasteiger charge is 2.11. The summed E-state index contributed by atoms with van der Waals surface area (Å²) in [6, 6.07) is 0.688. The van der Waals surface area contributed by atoms with E-state index in [4.69, 9.17) is 0 Å². The van der Waals surface area contributed by atoms with Crippen molar-refractivity contribution in [2.75, 3.05) is 26.7 Å². The molecule has 0 heterocycles. The Morgan fingerprint density at radius 2 is 1.82 bits per heavy atom. The molecule has 1 rings (SSSR count). The maximum absolute atomic E-state index is 11.5. The summed E-state index contributed by atoms with van der Waals surface area (Å²) >= 11 is 0. The van der Waals surface area contributed by atoms with Crippen LogP contribution in [0, 0.1) is 0 Å². The average Bonchev–Trinajstić information content (AvgIpc) is 2.61. The fraction of sp³-hybridized carbons (Fsp3) is 0.923. The molecule has 4 heteroatoms. The fourth-order valence-corrected chi connectivity index (χ4v) is 2.21. The van der Waals surface area contributed by atoms with Crippen molar-refractivity contribution in [2.24, 2.45) is 0 Å². The van der Waals surface area contributed by atoms with E-state index in [1.165, 1.54) is 38.5 Å². The van der Waals surface area contributed by atoms with Gasteiger partial charge in [-0.25, -0.2) is 4.79 Å². The highest BCUT2D eigenvalue weighted by molar-refractivity contribution is 5.73. The molecule has 0 bridgehead atoms. The smallest absolute Gasteiger partial charge is 0.317 e. The first-order valence-corrected chi connectivity index (χ1v) is 6.96. The van der Waals surface area contributed by atoms with Crippen LogP contribution in [0.2, 0.25) is 0 Å². The van der Waals surface area contributed by atoms with Gasteiger partial charge in [0.25, 0.3) is 0 Å². The van der Waals surface area contributed by atoms with E-state index in [0.717, 1.165) is 19.6 Å². The molecular formula is C13H27N3O. The lowest BCUT2D eigenvalue weighted by Gasteiger charge is -2.18. The van der Waals surface area contributed by atoms with Crippen molar-refractivity contribution < 1.29 is 4.79 Å². The van der Waals surface area contributed by atoms with Gasteiger partial charge in [0, 0.05) is 32.7 Å². The molecular weight excluding hydrogens is 214 g/mol. The summed E-state index contributed by atoms with van der Waals surface area (Å²) in [6.07, 6.45) is 8.06. The zero-order chi connectivity index (χ0) is 12.5. The van der Waals surface area contributed by atoms with Crippen molar-refractivity contribution in [3.05, 3.63) is 0 Å². The third-order valence-electron chi connectivity index (χ3n) is 3.51. The van der Waals surface area contributed by atoms with Gasteiger partial charge in [0.05, 0.1) is 0 Å². The number of amides is 2. The summed E-state index contributed by atoms with van der Waals surface area (Å²) in [6.45, 7) is 4.33. The Labute approximate surface area is 105 Å².